The molecule has 1 saturated carbocycles. The van der Waals surface area contributed by atoms with Crippen LogP contribution in [0, 0.1) is 11.8 Å². The highest BCUT2D eigenvalue weighted by Gasteiger charge is 2.51. The van der Waals surface area contributed by atoms with Crippen LogP contribution in [-0.4, -0.2) is 19.8 Å². The average molecular weight is 275 g/mol. The van der Waals surface area contributed by atoms with Gasteiger partial charge in [0, 0.05) is 24.1 Å². The summed E-state index contributed by atoms with van der Waals surface area (Å²) in [5.41, 5.74) is 1.30. The van der Waals surface area contributed by atoms with Crippen molar-refractivity contribution in [1.29, 1.82) is 0 Å². The van der Waals surface area contributed by atoms with Crippen molar-refractivity contribution in [3.8, 4) is 11.5 Å². The molecule has 1 aliphatic heterocycles. The summed E-state index contributed by atoms with van der Waals surface area (Å²) in [6, 6.07) is 6.56. The zero-order valence-corrected chi connectivity index (χ0v) is 12.9. The zero-order valence-electron chi connectivity index (χ0n) is 12.9. The standard InChI is InChI=1S/C17H25NO2/c1-11(2)12-8-17(9-12)10-15(18-3)14-6-5-13(19-4)7-16(14)20-17/h5-7,11-12,15,18H,8-10H2,1-4H3. The lowest BCUT2D eigenvalue weighted by Gasteiger charge is -2.53. The molecule has 3 heteroatoms. The highest BCUT2D eigenvalue weighted by atomic mass is 16.5. The fourth-order valence-corrected chi connectivity index (χ4v) is 3.65. The fraction of sp³-hybridized carbons (Fsp3) is 0.647. The van der Waals surface area contributed by atoms with E-state index in [2.05, 4.69) is 25.2 Å². The van der Waals surface area contributed by atoms with Crippen molar-refractivity contribution in [2.45, 2.75) is 44.8 Å². The van der Waals surface area contributed by atoms with Crippen LogP contribution in [0.15, 0.2) is 18.2 Å². The van der Waals surface area contributed by atoms with Crippen molar-refractivity contribution < 1.29 is 9.47 Å². The largest absolute Gasteiger partial charge is 0.497 e. The maximum absolute atomic E-state index is 6.39. The quantitative estimate of drug-likeness (QED) is 0.915. The summed E-state index contributed by atoms with van der Waals surface area (Å²) >= 11 is 0. The van der Waals surface area contributed by atoms with Crippen molar-refractivity contribution in [1.82, 2.24) is 5.32 Å². The number of hydrogen-bond acceptors (Lipinski definition) is 3. The van der Waals surface area contributed by atoms with Gasteiger partial charge >= 0.3 is 0 Å². The van der Waals surface area contributed by atoms with Crippen molar-refractivity contribution in [3.05, 3.63) is 23.8 Å². The lowest BCUT2D eigenvalue weighted by Crippen LogP contribution is -2.54. The van der Waals surface area contributed by atoms with Gasteiger partial charge in [0.25, 0.3) is 0 Å². The lowest BCUT2D eigenvalue weighted by atomic mass is 9.62. The molecule has 1 unspecified atom stereocenters. The molecule has 1 N–H and O–H groups in total. The summed E-state index contributed by atoms with van der Waals surface area (Å²) in [5, 5.41) is 3.44. The molecule has 2 aliphatic rings. The van der Waals surface area contributed by atoms with Crippen LogP contribution in [0.3, 0.4) is 0 Å². The second-order valence-corrected chi connectivity index (χ2v) is 6.65. The van der Waals surface area contributed by atoms with Crippen LogP contribution in [0.4, 0.5) is 0 Å². The number of fused-ring (bicyclic) bond motifs is 1. The second kappa shape index (κ2) is 4.96. The van der Waals surface area contributed by atoms with E-state index in [-0.39, 0.29) is 5.60 Å². The number of nitrogens with one attached hydrogen (secondary N) is 1. The molecule has 0 saturated heterocycles. The number of benzene rings is 1. The van der Waals surface area contributed by atoms with Gasteiger partial charge < -0.3 is 14.8 Å². The second-order valence-electron chi connectivity index (χ2n) is 6.65. The van der Waals surface area contributed by atoms with E-state index < -0.39 is 0 Å². The average Bonchev–Trinajstić information content (AvgIpc) is 2.42. The van der Waals surface area contributed by atoms with E-state index in [1.807, 2.05) is 19.2 Å². The summed E-state index contributed by atoms with van der Waals surface area (Å²) in [6.45, 7) is 4.62. The molecule has 1 spiro atoms. The minimum absolute atomic E-state index is 0.0436. The first-order chi connectivity index (χ1) is 9.57. The van der Waals surface area contributed by atoms with Gasteiger partial charge in [-0.25, -0.2) is 0 Å². The summed E-state index contributed by atoms with van der Waals surface area (Å²) < 4.78 is 11.7. The molecule has 3 rings (SSSR count). The van der Waals surface area contributed by atoms with E-state index in [0.717, 1.165) is 29.8 Å². The molecule has 0 aromatic heterocycles. The Morgan fingerprint density at radius 3 is 2.65 bits per heavy atom. The molecule has 1 aromatic rings. The normalized spacial score (nSPS) is 31.6. The maximum atomic E-state index is 6.39. The SMILES string of the molecule is CNC1CC2(CC(C(C)C)C2)Oc2cc(OC)ccc21. The number of rotatable bonds is 3. The first-order valence-electron chi connectivity index (χ1n) is 7.61. The van der Waals surface area contributed by atoms with Gasteiger partial charge in [-0.3, -0.25) is 0 Å². The van der Waals surface area contributed by atoms with Crippen LogP contribution in [0.1, 0.15) is 44.7 Å². The van der Waals surface area contributed by atoms with E-state index in [1.54, 1.807) is 7.11 Å². The van der Waals surface area contributed by atoms with Crippen LogP contribution in [0.25, 0.3) is 0 Å². The van der Waals surface area contributed by atoms with Crippen LogP contribution >= 0.6 is 0 Å². The Morgan fingerprint density at radius 1 is 1.30 bits per heavy atom. The molecule has 1 aliphatic carbocycles. The molecule has 20 heavy (non-hydrogen) atoms. The van der Waals surface area contributed by atoms with E-state index >= 15 is 0 Å². The highest BCUT2D eigenvalue weighted by molar-refractivity contribution is 5.45. The molecule has 1 fully saturated rings. The van der Waals surface area contributed by atoms with Crippen molar-refractivity contribution in [2.75, 3.05) is 14.2 Å². The lowest BCUT2D eigenvalue weighted by molar-refractivity contribution is -0.0869. The Labute approximate surface area is 121 Å². The Morgan fingerprint density at radius 2 is 2.05 bits per heavy atom. The van der Waals surface area contributed by atoms with Crippen molar-refractivity contribution in [2.24, 2.45) is 11.8 Å². The summed E-state index contributed by atoms with van der Waals surface area (Å²) in [7, 11) is 3.74. The predicted molar refractivity (Wildman–Crippen MR) is 80.3 cm³/mol. The smallest absolute Gasteiger partial charge is 0.128 e. The molecular formula is C17H25NO2. The molecule has 1 aromatic carbocycles. The minimum atomic E-state index is 0.0436. The van der Waals surface area contributed by atoms with Gasteiger partial charge in [0.1, 0.15) is 17.1 Å². The van der Waals surface area contributed by atoms with Crippen LogP contribution < -0.4 is 14.8 Å². The predicted octanol–water partition coefficient (Wildman–Crippen LogP) is 3.54. The molecule has 1 heterocycles. The summed E-state index contributed by atoms with van der Waals surface area (Å²) in [5.74, 6) is 3.43. The first-order valence-corrected chi connectivity index (χ1v) is 7.61. The monoisotopic (exact) mass is 275 g/mol. The van der Waals surface area contributed by atoms with Gasteiger partial charge in [-0.2, -0.15) is 0 Å². The topological polar surface area (TPSA) is 30.5 Å². The Kier molecular flexibility index (Phi) is 3.41. The van der Waals surface area contributed by atoms with Gasteiger partial charge in [-0.15, -0.1) is 0 Å². The fourth-order valence-electron chi connectivity index (χ4n) is 3.65. The van der Waals surface area contributed by atoms with E-state index in [0.29, 0.717) is 6.04 Å². The Hall–Kier alpha value is -1.22. The molecule has 0 radical (unpaired) electrons. The Balaban J connectivity index is 1.86. The van der Waals surface area contributed by atoms with Crippen LogP contribution in [-0.2, 0) is 0 Å². The molecule has 0 bridgehead atoms. The number of hydrogen-bond donors (Lipinski definition) is 1. The maximum Gasteiger partial charge on any atom is 0.128 e. The number of ether oxygens (including phenoxy) is 2. The van der Waals surface area contributed by atoms with Crippen LogP contribution in [0.2, 0.25) is 0 Å². The van der Waals surface area contributed by atoms with E-state index in [9.17, 15) is 0 Å². The third kappa shape index (κ3) is 2.18. The van der Waals surface area contributed by atoms with Crippen molar-refractivity contribution in [3.63, 3.8) is 0 Å². The molecule has 3 nitrogen and oxygen atoms in total. The minimum Gasteiger partial charge on any atom is -0.497 e. The van der Waals surface area contributed by atoms with Gasteiger partial charge in [0.15, 0.2) is 0 Å². The van der Waals surface area contributed by atoms with Gasteiger partial charge in [-0.05, 0) is 37.8 Å². The van der Waals surface area contributed by atoms with E-state index in [1.165, 1.54) is 18.4 Å². The van der Waals surface area contributed by atoms with Gasteiger partial charge in [-0.1, -0.05) is 19.9 Å². The molecular weight excluding hydrogens is 250 g/mol. The van der Waals surface area contributed by atoms with E-state index in [4.69, 9.17) is 9.47 Å². The van der Waals surface area contributed by atoms with Gasteiger partial charge in [0.05, 0.1) is 7.11 Å². The highest BCUT2D eigenvalue weighted by Crippen LogP contribution is 2.53. The molecule has 110 valence electrons. The summed E-state index contributed by atoms with van der Waals surface area (Å²) in [6.07, 6.45) is 3.44. The number of methoxy groups -OCH3 is 1. The van der Waals surface area contributed by atoms with Gasteiger partial charge in [0.2, 0.25) is 0 Å². The molecule has 0 amide bonds. The van der Waals surface area contributed by atoms with Crippen molar-refractivity contribution >= 4 is 0 Å². The van der Waals surface area contributed by atoms with Crippen LogP contribution in [0.5, 0.6) is 11.5 Å². The Bertz CT molecular complexity index is 492. The molecule has 1 atom stereocenters. The third-order valence-electron chi connectivity index (χ3n) is 5.06. The first kappa shape index (κ1) is 13.7. The summed E-state index contributed by atoms with van der Waals surface area (Å²) in [4.78, 5) is 0. The zero-order chi connectivity index (χ0) is 14.3. The third-order valence-corrected chi connectivity index (χ3v) is 5.06.